The van der Waals surface area contributed by atoms with Gasteiger partial charge >= 0.3 is 0 Å². The van der Waals surface area contributed by atoms with Gasteiger partial charge in [0.2, 0.25) is 0 Å². The van der Waals surface area contributed by atoms with Gasteiger partial charge in [0.25, 0.3) is 0 Å². The topological polar surface area (TPSA) is 86.2 Å². The van der Waals surface area contributed by atoms with Gasteiger partial charge in [-0.25, -0.2) is 9.97 Å². The van der Waals surface area contributed by atoms with Crippen molar-refractivity contribution in [1.82, 2.24) is 14.5 Å². The van der Waals surface area contributed by atoms with Gasteiger partial charge < -0.3 is 20.1 Å². The van der Waals surface area contributed by atoms with E-state index in [9.17, 15) is 5.11 Å². The molecule has 0 fully saturated rings. The zero-order chi connectivity index (χ0) is 17.6. The molecule has 0 saturated carbocycles. The predicted molar refractivity (Wildman–Crippen MR) is 98.9 cm³/mol. The number of methoxy groups -OCH3 is 1. The highest BCUT2D eigenvalue weighted by atomic mass is 79.9. The molecule has 7 heteroatoms. The number of ether oxygens (including phenoxy) is 1. The van der Waals surface area contributed by atoms with Crippen molar-refractivity contribution in [3.8, 4) is 0 Å². The van der Waals surface area contributed by atoms with Crippen LogP contribution >= 0.6 is 15.9 Å². The number of halogens is 1. The fourth-order valence-corrected chi connectivity index (χ4v) is 3.21. The molecular weight excluding hydrogens is 372 g/mol. The van der Waals surface area contributed by atoms with Crippen molar-refractivity contribution in [2.45, 2.75) is 39.0 Å². The highest BCUT2D eigenvalue weighted by Crippen LogP contribution is 2.33. The Bertz CT molecular complexity index is 914. The van der Waals surface area contributed by atoms with Gasteiger partial charge in [-0.3, -0.25) is 0 Å². The second-order valence-electron chi connectivity index (χ2n) is 6.60. The van der Waals surface area contributed by atoms with Crippen molar-refractivity contribution in [3.05, 3.63) is 28.5 Å². The summed E-state index contributed by atoms with van der Waals surface area (Å²) in [4.78, 5) is 9.14. The standard InChI is InChI=1S/C17H21BrN4O2/c1-9(24-4)16-21-13-14(22(16)8-17(2,3)23)11-6-5-10(18)7-12(11)20-15(13)19/h5-7,9,23H,8H2,1-4H3,(H2,19,20). The fraction of sp³-hybridized carbons (Fsp3) is 0.412. The minimum absolute atomic E-state index is 0.232. The van der Waals surface area contributed by atoms with E-state index in [4.69, 9.17) is 10.5 Å². The van der Waals surface area contributed by atoms with E-state index < -0.39 is 5.60 Å². The van der Waals surface area contributed by atoms with Crippen LogP contribution in [0, 0.1) is 0 Å². The molecule has 0 aliphatic carbocycles. The molecule has 0 amide bonds. The first-order valence-electron chi connectivity index (χ1n) is 7.71. The largest absolute Gasteiger partial charge is 0.389 e. The summed E-state index contributed by atoms with van der Waals surface area (Å²) in [6, 6.07) is 5.87. The van der Waals surface area contributed by atoms with E-state index in [2.05, 4.69) is 25.9 Å². The van der Waals surface area contributed by atoms with Crippen LogP contribution < -0.4 is 5.73 Å². The van der Waals surface area contributed by atoms with Crippen LogP contribution in [0.2, 0.25) is 0 Å². The Labute approximate surface area is 148 Å². The molecule has 1 atom stereocenters. The Kier molecular flexibility index (Phi) is 4.27. The van der Waals surface area contributed by atoms with E-state index in [1.807, 2.05) is 29.7 Å². The van der Waals surface area contributed by atoms with Gasteiger partial charge in [0.15, 0.2) is 5.82 Å². The van der Waals surface area contributed by atoms with E-state index >= 15 is 0 Å². The predicted octanol–water partition coefficient (Wildman–Crippen LogP) is 3.41. The quantitative estimate of drug-likeness (QED) is 0.710. The molecule has 3 aromatic rings. The van der Waals surface area contributed by atoms with Gasteiger partial charge in [-0.05, 0) is 39.0 Å². The van der Waals surface area contributed by atoms with E-state index in [0.29, 0.717) is 17.9 Å². The van der Waals surface area contributed by atoms with Crippen LogP contribution in [-0.2, 0) is 11.3 Å². The minimum atomic E-state index is -0.907. The minimum Gasteiger partial charge on any atom is -0.389 e. The highest BCUT2D eigenvalue weighted by Gasteiger charge is 2.24. The van der Waals surface area contributed by atoms with Gasteiger partial charge in [-0.2, -0.15) is 0 Å². The molecule has 0 spiro atoms. The lowest BCUT2D eigenvalue weighted by Crippen LogP contribution is -2.27. The number of aromatic nitrogens is 3. The number of rotatable bonds is 4. The Morgan fingerprint density at radius 3 is 2.71 bits per heavy atom. The molecule has 0 radical (unpaired) electrons. The summed E-state index contributed by atoms with van der Waals surface area (Å²) in [5.41, 5.74) is 7.53. The molecule has 0 aliphatic rings. The lowest BCUT2D eigenvalue weighted by atomic mass is 10.1. The molecule has 2 heterocycles. The first-order valence-corrected chi connectivity index (χ1v) is 8.50. The number of hydrogen-bond donors (Lipinski definition) is 2. The Balaban J connectivity index is 2.43. The summed E-state index contributed by atoms with van der Waals surface area (Å²) >= 11 is 3.46. The number of fused-ring (bicyclic) bond motifs is 3. The van der Waals surface area contributed by atoms with E-state index in [-0.39, 0.29) is 6.10 Å². The van der Waals surface area contributed by atoms with Crippen molar-refractivity contribution >= 4 is 43.7 Å². The molecule has 3 N–H and O–H groups in total. The van der Waals surface area contributed by atoms with Crippen molar-refractivity contribution in [3.63, 3.8) is 0 Å². The summed E-state index contributed by atoms with van der Waals surface area (Å²) in [6.45, 7) is 5.83. The lowest BCUT2D eigenvalue weighted by molar-refractivity contribution is 0.0556. The second-order valence-corrected chi connectivity index (χ2v) is 7.52. The normalized spacial score (nSPS) is 13.8. The number of nitrogens with two attached hydrogens (primary N) is 1. The van der Waals surface area contributed by atoms with Crippen molar-refractivity contribution < 1.29 is 9.84 Å². The average Bonchev–Trinajstić information content (AvgIpc) is 2.84. The molecule has 6 nitrogen and oxygen atoms in total. The maximum atomic E-state index is 10.4. The Hall–Kier alpha value is -1.70. The third kappa shape index (κ3) is 2.99. The average molecular weight is 393 g/mol. The number of pyridine rings is 1. The van der Waals surface area contributed by atoms with Gasteiger partial charge in [-0.15, -0.1) is 0 Å². The number of benzene rings is 1. The number of aliphatic hydroxyl groups is 1. The van der Waals surface area contributed by atoms with E-state index in [0.717, 1.165) is 26.7 Å². The van der Waals surface area contributed by atoms with Gasteiger partial charge in [-0.1, -0.05) is 15.9 Å². The summed E-state index contributed by atoms with van der Waals surface area (Å²) in [7, 11) is 1.63. The third-order valence-corrected chi connectivity index (χ3v) is 4.45. The van der Waals surface area contributed by atoms with Crippen LogP contribution in [0.5, 0.6) is 0 Å². The molecule has 0 aliphatic heterocycles. The van der Waals surface area contributed by atoms with E-state index in [1.165, 1.54) is 0 Å². The van der Waals surface area contributed by atoms with Gasteiger partial charge in [0, 0.05) is 17.0 Å². The highest BCUT2D eigenvalue weighted by molar-refractivity contribution is 9.10. The molecule has 1 aromatic carbocycles. The molecular formula is C17H21BrN4O2. The molecule has 128 valence electrons. The van der Waals surface area contributed by atoms with Crippen molar-refractivity contribution in [2.24, 2.45) is 0 Å². The zero-order valence-corrected chi connectivity index (χ0v) is 15.8. The first kappa shape index (κ1) is 17.1. The van der Waals surface area contributed by atoms with Crippen LogP contribution in [0.4, 0.5) is 5.82 Å². The molecule has 3 rings (SSSR count). The number of imidazole rings is 1. The van der Waals surface area contributed by atoms with Crippen LogP contribution in [0.15, 0.2) is 22.7 Å². The molecule has 0 saturated heterocycles. The maximum absolute atomic E-state index is 10.4. The van der Waals surface area contributed by atoms with Crippen LogP contribution in [0.3, 0.4) is 0 Å². The van der Waals surface area contributed by atoms with Crippen LogP contribution in [0.25, 0.3) is 21.9 Å². The third-order valence-electron chi connectivity index (χ3n) is 3.96. The molecule has 1 unspecified atom stereocenters. The molecule has 0 bridgehead atoms. The fourth-order valence-electron chi connectivity index (χ4n) is 2.86. The maximum Gasteiger partial charge on any atom is 0.152 e. The number of nitrogen functional groups attached to an aromatic ring is 1. The van der Waals surface area contributed by atoms with Gasteiger partial charge in [0.05, 0.1) is 23.2 Å². The number of anilines is 1. The van der Waals surface area contributed by atoms with Crippen LogP contribution in [0.1, 0.15) is 32.7 Å². The van der Waals surface area contributed by atoms with Crippen molar-refractivity contribution in [1.29, 1.82) is 0 Å². The monoisotopic (exact) mass is 392 g/mol. The van der Waals surface area contributed by atoms with Crippen LogP contribution in [-0.4, -0.2) is 32.4 Å². The summed E-state index contributed by atoms with van der Waals surface area (Å²) in [5, 5.41) is 11.3. The van der Waals surface area contributed by atoms with Crippen molar-refractivity contribution in [2.75, 3.05) is 12.8 Å². The van der Waals surface area contributed by atoms with Gasteiger partial charge in [0.1, 0.15) is 17.4 Å². The first-order chi connectivity index (χ1) is 11.2. The summed E-state index contributed by atoms with van der Waals surface area (Å²) in [5.74, 6) is 1.09. The number of nitrogens with zero attached hydrogens (tertiary/aromatic N) is 3. The smallest absolute Gasteiger partial charge is 0.152 e. The Morgan fingerprint density at radius 2 is 2.08 bits per heavy atom. The SMILES string of the molecule is COC(C)c1nc2c(N)nc3cc(Br)ccc3c2n1CC(C)(C)O. The molecule has 24 heavy (non-hydrogen) atoms. The Morgan fingerprint density at radius 1 is 1.38 bits per heavy atom. The molecule has 2 aromatic heterocycles. The summed E-state index contributed by atoms with van der Waals surface area (Å²) in [6.07, 6.45) is -0.232. The summed E-state index contributed by atoms with van der Waals surface area (Å²) < 4.78 is 8.37. The van der Waals surface area contributed by atoms with E-state index in [1.54, 1.807) is 21.0 Å². The number of hydrogen-bond acceptors (Lipinski definition) is 5. The zero-order valence-electron chi connectivity index (χ0n) is 14.2. The lowest BCUT2D eigenvalue weighted by Gasteiger charge is -2.22. The second kappa shape index (κ2) is 5.98.